The first-order chi connectivity index (χ1) is 13.9. The summed E-state index contributed by atoms with van der Waals surface area (Å²) < 4.78 is 3.48. The summed E-state index contributed by atoms with van der Waals surface area (Å²) >= 11 is 12.2. The van der Waals surface area contributed by atoms with Crippen molar-refractivity contribution in [3.05, 3.63) is 63.7 Å². The first-order valence-electron chi connectivity index (χ1n) is 9.45. The van der Waals surface area contributed by atoms with E-state index in [4.69, 9.17) is 23.2 Å². The van der Waals surface area contributed by atoms with Crippen LogP contribution in [0.15, 0.2) is 36.5 Å². The Morgan fingerprint density at radius 2 is 1.69 bits per heavy atom. The van der Waals surface area contributed by atoms with E-state index >= 15 is 0 Å². The van der Waals surface area contributed by atoms with Gasteiger partial charge in [-0.3, -0.25) is 9.48 Å². The molecule has 0 bridgehead atoms. The Kier molecular flexibility index (Phi) is 5.52. The van der Waals surface area contributed by atoms with Crippen LogP contribution in [0.25, 0.3) is 0 Å². The first-order valence-corrected chi connectivity index (χ1v) is 10.2. The van der Waals surface area contributed by atoms with Crippen molar-refractivity contribution >= 4 is 34.8 Å². The topological polar surface area (TPSA) is 59.2 Å². The SMILES string of the molecule is Cc1nn(Cn2ccc(C(=O)N3CCN(c4ccc(Cl)cc4)CC3)n2)c(C)c1Cl. The molecule has 1 aliphatic heterocycles. The van der Waals surface area contributed by atoms with Crippen molar-refractivity contribution in [3.8, 4) is 0 Å². The van der Waals surface area contributed by atoms with E-state index in [0.29, 0.717) is 30.5 Å². The fourth-order valence-corrected chi connectivity index (χ4v) is 3.75. The van der Waals surface area contributed by atoms with E-state index in [2.05, 4.69) is 15.1 Å². The lowest BCUT2D eigenvalue weighted by Gasteiger charge is -2.35. The molecule has 3 aromatic rings. The maximum absolute atomic E-state index is 12.8. The molecule has 29 heavy (non-hydrogen) atoms. The zero-order valence-electron chi connectivity index (χ0n) is 16.3. The second-order valence-corrected chi connectivity index (χ2v) is 7.94. The van der Waals surface area contributed by atoms with Crippen LogP contribution < -0.4 is 4.90 Å². The predicted octanol–water partition coefficient (Wildman–Crippen LogP) is 3.47. The van der Waals surface area contributed by atoms with E-state index in [1.165, 1.54) is 0 Å². The van der Waals surface area contributed by atoms with E-state index in [0.717, 1.165) is 35.2 Å². The molecule has 1 aliphatic rings. The fourth-order valence-electron chi connectivity index (χ4n) is 3.49. The summed E-state index contributed by atoms with van der Waals surface area (Å²) in [6, 6.07) is 9.54. The molecular weight excluding hydrogens is 411 g/mol. The average Bonchev–Trinajstić information content (AvgIpc) is 3.29. The number of aryl methyl sites for hydroxylation is 1. The Hall–Kier alpha value is -2.51. The Bertz CT molecular complexity index is 1020. The van der Waals surface area contributed by atoms with Gasteiger partial charge in [0.1, 0.15) is 12.4 Å². The maximum atomic E-state index is 12.8. The molecule has 0 unspecified atom stereocenters. The highest BCUT2D eigenvalue weighted by molar-refractivity contribution is 6.31. The molecule has 7 nitrogen and oxygen atoms in total. The lowest BCUT2D eigenvalue weighted by atomic mass is 10.2. The van der Waals surface area contributed by atoms with Crippen LogP contribution in [0.3, 0.4) is 0 Å². The number of benzene rings is 1. The van der Waals surface area contributed by atoms with Gasteiger partial charge in [0.15, 0.2) is 0 Å². The number of aromatic nitrogens is 4. The van der Waals surface area contributed by atoms with Gasteiger partial charge >= 0.3 is 0 Å². The van der Waals surface area contributed by atoms with Gasteiger partial charge in [-0.2, -0.15) is 10.2 Å². The second kappa shape index (κ2) is 8.08. The van der Waals surface area contributed by atoms with Crippen LogP contribution in [0.1, 0.15) is 21.9 Å². The van der Waals surface area contributed by atoms with Crippen molar-refractivity contribution in [3.63, 3.8) is 0 Å². The normalized spacial score (nSPS) is 14.5. The van der Waals surface area contributed by atoms with E-state index in [1.807, 2.05) is 43.0 Å². The minimum Gasteiger partial charge on any atom is -0.368 e. The van der Waals surface area contributed by atoms with Crippen molar-refractivity contribution in [2.24, 2.45) is 0 Å². The minimum absolute atomic E-state index is 0.0501. The van der Waals surface area contributed by atoms with Gasteiger partial charge in [-0.15, -0.1) is 0 Å². The van der Waals surface area contributed by atoms with Gasteiger partial charge in [-0.1, -0.05) is 23.2 Å². The van der Waals surface area contributed by atoms with Crippen LogP contribution in [0.4, 0.5) is 5.69 Å². The standard InChI is InChI=1S/C20H22Cl2N6O/c1-14-19(22)15(2)28(23-14)13-27-8-7-18(24-27)20(29)26-11-9-25(10-12-26)17-5-3-16(21)4-6-17/h3-8H,9-13H2,1-2H3. The summed E-state index contributed by atoms with van der Waals surface area (Å²) in [5.74, 6) is -0.0501. The Balaban J connectivity index is 1.38. The summed E-state index contributed by atoms with van der Waals surface area (Å²) in [6.07, 6.45) is 1.79. The number of halogens is 2. The summed E-state index contributed by atoms with van der Waals surface area (Å²) in [6.45, 7) is 7.06. The van der Waals surface area contributed by atoms with Gasteiger partial charge in [-0.25, -0.2) is 4.68 Å². The third kappa shape index (κ3) is 4.11. The number of anilines is 1. The molecular formula is C20H22Cl2N6O. The maximum Gasteiger partial charge on any atom is 0.274 e. The van der Waals surface area contributed by atoms with Crippen molar-refractivity contribution in [2.45, 2.75) is 20.5 Å². The number of amides is 1. The molecule has 0 saturated carbocycles. The number of carbonyl (C=O) groups excluding carboxylic acids is 1. The number of hydrogen-bond donors (Lipinski definition) is 0. The van der Waals surface area contributed by atoms with Gasteiger partial charge in [-0.05, 0) is 44.2 Å². The van der Waals surface area contributed by atoms with E-state index < -0.39 is 0 Å². The zero-order valence-corrected chi connectivity index (χ0v) is 17.9. The van der Waals surface area contributed by atoms with E-state index in [9.17, 15) is 4.79 Å². The smallest absolute Gasteiger partial charge is 0.274 e. The largest absolute Gasteiger partial charge is 0.368 e. The Labute approximate surface area is 179 Å². The lowest BCUT2D eigenvalue weighted by molar-refractivity contribution is 0.0739. The third-order valence-electron chi connectivity index (χ3n) is 5.19. The molecule has 0 spiro atoms. The molecule has 0 atom stereocenters. The number of piperazine rings is 1. The van der Waals surface area contributed by atoms with Crippen LogP contribution in [0, 0.1) is 13.8 Å². The number of rotatable bonds is 4. The minimum atomic E-state index is -0.0501. The summed E-state index contributed by atoms with van der Waals surface area (Å²) in [7, 11) is 0. The zero-order chi connectivity index (χ0) is 20.5. The fraction of sp³-hybridized carbons (Fsp3) is 0.350. The Morgan fingerprint density at radius 3 is 2.31 bits per heavy atom. The molecule has 0 radical (unpaired) electrons. The molecule has 1 saturated heterocycles. The molecule has 152 valence electrons. The molecule has 2 aromatic heterocycles. The molecule has 1 aromatic carbocycles. The van der Waals surface area contributed by atoms with Crippen LogP contribution in [0.5, 0.6) is 0 Å². The highest BCUT2D eigenvalue weighted by Crippen LogP contribution is 2.21. The van der Waals surface area contributed by atoms with Gasteiger partial charge in [0.05, 0.1) is 16.4 Å². The highest BCUT2D eigenvalue weighted by Gasteiger charge is 2.24. The summed E-state index contributed by atoms with van der Waals surface area (Å²) in [4.78, 5) is 17.0. The highest BCUT2D eigenvalue weighted by atomic mass is 35.5. The van der Waals surface area contributed by atoms with Gasteiger partial charge in [0, 0.05) is 43.1 Å². The molecule has 3 heterocycles. The van der Waals surface area contributed by atoms with Gasteiger partial charge in [0.2, 0.25) is 0 Å². The third-order valence-corrected chi connectivity index (χ3v) is 5.99. The number of nitrogens with zero attached hydrogens (tertiary/aromatic N) is 6. The first kappa shape index (κ1) is 19.8. The molecule has 0 aliphatic carbocycles. The van der Waals surface area contributed by atoms with E-state index in [-0.39, 0.29) is 5.91 Å². The summed E-state index contributed by atoms with van der Waals surface area (Å²) in [5.41, 5.74) is 3.23. The molecule has 0 N–H and O–H groups in total. The van der Waals surface area contributed by atoms with Crippen LogP contribution >= 0.6 is 23.2 Å². The second-order valence-electron chi connectivity index (χ2n) is 7.12. The van der Waals surface area contributed by atoms with Crippen LogP contribution in [-0.4, -0.2) is 56.5 Å². The Morgan fingerprint density at radius 1 is 1.00 bits per heavy atom. The van der Waals surface area contributed by atoms with Gasteiger partial charge in [0.25, 0.3) is 5.91 Å². The number of carbonyl (C=O) groups is 1. The molecule has 4 rings (SSSR count). The average molecular weight is 433 g/mol. The lowest BCUT2D eigenvalue weighted by Crippen LogP contribution is -2.48. The van der Waals surface area contributed by atoms with Crippen molar-refractivity contribution < 1.29 is 4.79 Å². The van der Waals surface area contributed by atoms with E-state index in [1.54, 1.807) is 21.6 Å². The summed E-state index contributed by atoms with van der Waals surface area (Å²) in [5, 5.41) is 10.2. The predicted molar refractivity (Wildman–Crippen MR) is 114 cm³/mol. The van der Waals surface area contributed by atoms with Gasteiger partial charge < -0.3 is 9.80 Å². The molecule has 1 amide bonds. The van der Waals surface area contributed by atoms with Crippen molar-refractivity contribution in [1.82, 2.24) is 24.5 Å². The van der Waals surface area contributed by atoms with Crippen LogP contribution in [0.2, 0.25) is 10.0 Å². The quantitative estimate of drug-likeness (QED) is 0.632. The molecule has 9 heteroatoms. The molecule has 1 fully saturated rings. The van der Waals surface area contributed by atoms with Crippen molar-refractivity contribution in [1.29, 1.82) is 0 Å². The van der Waals surface area contributed by atoms with Crippen molar-refractivity contribution in [2.75, 3.05) is 31.1 Å². The number of hydrogen-bond acceptors (Lipinski definition) is 4. The monoisotopic (exact) mass is 432 g/mol. The van der Waals surface area contributed by atoms with Crippen LogP contribution in [-0.2, 0) is 6.67 Å².